The molecule has 0 saturated carbocycles. The number of aryl methyl sites for hydroxylation is 1. The van der Waals surface area contributed by atoms with Crippen molar-refractivity contribution >= 4 is 33.2 Å². The molecule has 1 amide bonds. The van der Waals surface area contributed by atoms with Crippen molar-refractivity contribution in [2.45, 2.75) is 13.5 Å². The van der Waals surface area contributed by atoms with Crippen molar-refractivity contribution in [3.8, 4) is 0 Å². The number of hydrogen-bond acceptors (Lipinski definition) is 4. The van der Waals surface area contributed by atoms with Gasteiger partial charge >= 0.3 is 0 Å². The van der Waals surface area contributed by atoms with Crippen LogP contribution in [0.25, 0.3) is 0 Å². The van der Waals surface area contributed by atoms with Gasteiger partial charge in [0.2, 0.25) is 0 Å². The van der Waals surface area contributed by atoms with Crippen molar-refractivity contribution < 1.29 is 4.79 Å². The molecule has 0 spiro atoms. The Hall–Kier alpha value is -1.24. The lowest BCUT2D eigenvalue weighted by atomic mass is 10.2. The van der Waals surface area contributed by atoms with E-state index in [1.54, 1.807) is 17.4 Å². The predicted molar refractivity (Wildman–Crippen MR) is 92.2 cm³/mol. The van der Waals surface area contributed by atoms with Crippen LogP contribution in [0.15, 0.2) is 34.1 Å². The van der Waals surface area contributed by atoms with Crippen molar-refractivity contribution in [1.82, 2.24) is 14.8 Å². The van der Waals surface area contributed by atoms with E-state index >= 15 is 0 Å². The Balaban J connectivity index is 1.56. The standard InChI is InChI=1S/C16H18BrN3OS/c1-12-3-2-4-14(18-12)16(21)20-9-7-19(8-10-20)11-13-5-6-15(17)22-13/h2-6H,7-11H2,1H3. The molecule has 0 radical (unpaired) electrons. The van der Waals surface area contributed by atoms with E-state index in [0.717, 1.165) is 38.4 Å². The first-order valence-corrected chi connectivity index (χ1v) is 8.92. The Morgan fingerprint density at radius 1 is 1.23 bits per heavy atom. The zero-order chi connectivity index (χ0) is 15.5. The largest absolute Gasteiger partial charge is 0.335 e. The van der Waals surface area contributed by atoms with Gasteiger partial charge in [-0.25, -0.2) is 4.98 Å². The Labute approximate surface area is 142 Å². The summed E-state index contributed by atoms with van der Waals surface area (Å²) in [4.78, 5) is 22.4. The van der Waals surface area contributed by atoms with Gasteiger partial charge in [0, 0.05) is 43.3 Å². The fraction of sp³-hybridized carbons (Fsp3) is 0.375. The van der Waals surface area contributed by atoms with E-state index in [-0.39, 0.29) is 5.91 Å². The summed E-state index contributed by atoms with van der Waals surface area (Å²) >= 11 is 5.27. The average Bonchev–Trinajstić information content (AvgIpc) is 2.92. The molecule has 3 rings (SSSR count). The van der Waals surface area contributed by atoms with Crippen molar-refractivity contribution in [3.05, 3.63) is 50.4 Å². The first-order valence-electron chi connectivity index (χ1n) is 7.31. The van der Waals surface area contributed by atoms with Crippen LogP contribution in [0.1, 0.15) is 21.1 Å². The fourth-order valence-electron chi connectivity index (χ4n) is 2.59. The Morgan fingerprint density at radius 3 is 2.64 bits per heavy atom. The molecule has 0 bridgehead atoms. The summed E-state index contributed by atoms with van der Waals surface area (Å²) < 4.78 is 1.17. The summed E-state index contributed by atoms with van der Waals surface area (Å²) in [6.45, 7) is 6.22. The monoisotopic (exact) mass is 379 g/mol. The van der Waals surface area contributed by atoms with Crippen molar-refractivity contribution in [2.24, 2.45) is 0 Å². The van der Waals surface area contributed by atoms with Crippen molar-refractivity contribution in [1.29, 1.82) is 0 Å². The summed E-state index contributed by atoms with van der Waals surface area (Å²) in [5.74, 6) is 0.0437. The third-order valence-electron chi connectivity index (χ3n) is 3.78. The number of pyridine rings is 1. The molecule has 3 heterocycles. The molecule has 0 unspecified atom stereocenters. The Bertz CT molecular complexity index is 665. The average molecular weight is 380 g/mol. The number of aromatic nitrogens is 1. The Morgan fingerprint density at radius 2 is 2.00 bits per heavy atom. The van der Waals surface area contributed by atoms with E-state index in [1.165, 1.54) is 8.66 Å². The minimum Gasteiger partial charge on any atom is -0.335 e. The highest BCUT2D eigenvalue weighted by Gasteiger charge is 2.23. The number of rotatable bonds is 3. The quantitative estimate of drug-likeness (QED) is 0.821. The normalized spacial score (nSPS) is 16.0. The van der Waals surface area contributed by atoms with Crippen LogP contribution < -0.4 is 0 Å². The van der Waals surface area contributed by atoms with Gasteiger partial charge in [0.15, 0.2) is 0 Å². The molecule has 2 aromatic rings. The van der Waals surface area contributed by atoms with Crippen LogP contribution in [0.3, 0.4) is 0 Å². The minimum absolute atomic E-state index is 0.0437. The van der Waals surface area contributed by atoms with Gasteiger partial charge in [0.1, 0.15) is 5.69 Å². The lowest BCUT2D eigenvalue weighted by molar-refractivity contribution is 0.0623. The molecule has 1 aliphatic heterocycles. The molecular weight excluding hydrogens is 362 g/mol. The van der Waals surface area contributed by atoms with Gasteiger partial charge in [-0.15, -0.1) is 11.3 Å². The summed E-state index contributed by atoms with van der Waals surface area (Å²) in [6, 6.07) is 9.84. The fourth-order valence-corrected chi connectivity index (χ4v) is 4.12. The number of hydrogen-bond donors (Lipinski definition) is 0. The third-order valence-corrected chi connectivity index (χ3v) is 5.38. The number of amides is 1. The molecular formula is C16H18BrN3OS. The van der Waals surface area contributed by atoms with E-state index in [9.17, 15) is 4.79 Å². The zero-order valence-electron chi connectivity index (χ0n) is 12.5. The predicted octanol–water partition coefficient (Wildman–Crippen LogP) is 3.17. The summed E-state index contributed by atoms with van der Waals surface area (Å²) in [6.07, 6.45) is 0. The number of carbonyl (C=O) groups is 1. The molecule has 0 N–H and O–H groups in total. The first-order chi connectivity index (χ1) is 10.6. The van der Waals surface area contributed by atoms with E-state index in [4.69, 9.17) is 0 Å². The lowest BCUT2D eigenvalue weighted by Crippen LogP contribution is -2.48. The van der Waals surface area contributed by atoms with Crippen LogP contribution in [0, 0.1) is 6.92 Å². The second-order valence-electron chi connectivity index (χ2n) is 5.44. The number of carbonyl (C=O) groups excluding carboxylic acids is 1. The molecule has 4 nitrogen and oxygen atoms in total. The maximum atomic E-state index is 12.5. The molecule has 6 heteroatoms. The van der Waals surface area contributed by atoms with Gasteiger partial charge in [-0.05, 0) is 47.1 Å². The summed E-state index contributed by atoms with van der Waals surface area (Å²) in [5, 5.41) is 0. The molecule has 0 aromatic carbocycles. The van der Waals surface area contributed by atoms with Crippen molar-refractivity contribution in [2.75, 3.05) is 26.2 Å². The molecule has 0 aliphatic carbocycles. The number of piperazine rings is 1. The Kier molecular flexibility index (Phi) is 4.90. The smallest absolute Gasteiger partial charge is 0.272 e. The highest BCUT2D eigenvalue weighted by atomic mass is 79.9. The number of thiophene rings is 1. The van der Waals surface area contributed by atoms with Crippen LogP contribution in [0.4, 0.5) is 0 Å². The van der Waals surface area contributed by atoms with Gasteiger partial charge in [-0.3, -0.25) is 9.69 Å². The zero-order valence-corrected chi connectivity index (χ0v) is 14.9. The SMILES string of the molecule is Cc1cccc(C(=O)N2CCN(Cc3ccc(Br)s3)CC2)n1. The van der Waals surface area contributed by atoms with Gasteiger partial charge in [-0.2, -0.15) is 0 Å². The highest BCUT2D eigenvalue weighted by Crippen LogP contribution is 2.23. The molecule has 2 aromatic heterocycles. The van der Waals surface area contributed by atoms with E-state index in [2.05, 4.69) is 37.9 Å². The summed E-state index contributed by atoms with van der Waals surface area (Å²) in [5.41, 5.74) is 1.43. The van der Waals surface area contributed by atoms with Crippen LogP contribution in [0.2, 0.25) is 0 Å². The van der Waals surface area contributed by atoms with Gasteiger partial charge in [0.05, 0.1) is 3.79 Å². The molecule has 1 aliphatic rings. The summed E-state index contributed by atoms with van der Waals surface area (Å²) in [7, 11) is 0. The topological polar surface area (TPSA) is 36.4 Å². The second-order valence-corrected chi connectivity index (χ2v) is 7.99. The highest BCUT2D eigenvalue weighted by molar-refractivity contribution is 9.11. The molecule has 1 fully saturated rings. The van der Waals surface area contributed by atoms with E-state index < -0.39 is 0 Å². The molecule has 0 atom stereocenters. The van der Waals surface area contributed by atoms with E-state index in [1.807, 2.05) is 24.0 Å². The number of nitrogens with zero attached hydrogens (tertiary/aromatic N) is 3. The third kappa shape index (κ3) is 3.74. The van der Waals surface area contributed by atoms with Gasteiger partial charge < -0.3 is 4.90 Å². The maximum Gasteiger partial charge on any atom is 0.272 e. The maximum absolute atomic E-state index is 12.5. The molecule has 1 saturated heterocycles. The van der Waals surface area contributed by atoms with Crippen molar-refractivity contribution in [3.63, 3.8) is 0 Å². The van der Waals surface area contributed by atoms with E-state index in [0.29, 0.717) is 5.69 Å². The van der Waals surface area contributed by atoms with Gasteiger partial charge in [0.25, 0.3) is 5.91 Å². The second kappa shape index (κ2) is 6.89. The molecule has 22 heavy (non-hydrogen) atoms. The van der Waals surface area contributed by atoms with Gasteiger partial charge in [-0.1, -0.05) is 6.07 Å². The lowest BCUT2D eigenvalue weighted by Gasteiger charge is -2.34. The number of halogens is 1. The minimum atomic E-state index is 0.0437. The van der Waals surface area contributed by atoms with Crippen LogP contribution in [-0.4, -0.2) is 46.9 Å². The first kappa shape index (κ1) is 15.6. The van der Waals surface area contributed by atoms with Crippen LogP contribution >= 0.6 is 27.3 Å². The molecule has 116 valence electrons. The van der Waals surface area contributed by atoms with Crippen LogP contribution in [-0.2, 0) is 6.54 Å². The van der Waals surface area contributed by atoms with Crippen LogP contribution in [0.5, 0.6) is 0 Å².